The molecule has 3 heteroatoms. The Bertz CT molecular complexity index is 3640. The molecule has 9 aromatic carbocycles. The molecule has 3 nitrogen and oxygen atoms in total. The van der Waals surface area contributed by atoms with Crippen LogP contribution in [-0.2, 0) is 11.8 Å². The fourth-order valence-corrected chi connectivity index (χ4v) is 11.9. The molecule has 69 heavy (non-hydrogen) atoms. The molecule has 0 fully saturated rings. The molecule has 3 aliphatic rings. The number of nitrogens with zero attached hydrogens (tertiary/aromatic N) is 2. The summed E-state index contributed by atoms with van der Waals surface area (Å²) in [6.45, 7) is 0. The standard InChI is InChI=1S/C66H49N3/c67-60(47-21-6-2-7-22-47)44-50(45-19-4-1-5-20-45)36-35-48-23-18-30-59-65(48)55-43-49(46-37-40-52(41-38-46)68-61-31-14-10-26-53(61)54-27-11-15-32-62(54)68)39-42-56(55)66(59)57-28-12-16-33-63(57)69(51-24-8-3-9-25-51)64-34-17-13-29-58(64)66/h1-34,36-38,40-41,43-44H,35,39,42,67H2/b50-36+,60-44-. The molecule has 1 aliphatic heterocycles. The predicted molar refractivity (Wildman–Crippen MR) is 289 cm³/mol. The summed E-state index contributed by atoms with van der Waals surface area (Å²) in [6, 6.07) is 84.0. The van der Waals surface area contributed by atoms with E-state index in [2.05, 4.69) is 240 Å². The summed E-state index contributed by atoms with van der Waals surface area (Å²) in [5.41, 5.74) is 29.7. The van der Waals surface area contributed by atoms with E-state index in [0.717, 1.165) is 47.3 Å². The lowest BCUT2D eigenvalue weighted by atomic mass is 9.62. The molecule has 2 N–H and O–H groups in total. The highest BCUT2D eigenvalue weighted by atomic mass is 15.2. The molecule has 13 rings (SSSR count). The van der Waals surface area contributed by atoms with Crippen LogP contribution in [0.3, 0.4) is 0 Å². The maximum atomic E-state index is 6.87. The Morgan fingerprint density at radius 3 is 1.70 bits per heavy atom. The van der Waals surface area contributed by atoms with Gasteiger partial charge in [-0.05, 0) is 141 Å². The SMILES string of the molecule is N/C(=C\C(=C/Cc1cccc2c1C1=C(CCC(c3ccc(-n4c5ccccc5c5ccccc54)cc3)=C1)C21c2ccccc2N(c2ccccc2)c2ccccc21)c1ccccc1)c1ccccc1. The Morgan fingerprint density at radius 1 is 0.493 bits per heavy atom. The largest absolute Gasteiger partial charge is 0.398 e. The lowest BCUT2D eigenvalue weighted by Crippen LogP contribution is -2.37. The van der Waals surface area contributed by atoms with Gasteiger partial charge in [0.15, 0.2) is 0 Å². The number of anilines is 3. The molecule has 0 unspecified atom stereocenters. The van der Waals surface area contributed by atoms with Crippen LogP contribution in [0, 0.1) is 0 Å². The van der Waals surface area contributed by atoms with Crippen molar-refractivity contribution in [1.29, 1.82) is 0 Å². The summed E-state index contributed by atoms with van der Waals surface area (Å²) in [6.07, 6.45) is 9.68. The summed E-state index contributed by atoms with van der Waals surface area (Å²) >= 11 is 0. The quantitative estimate of drug-likeness (QED) is 0.154. The second-order valence-electron chi connectivity index (χ2n) is 18.5. The first-order chi connectivity index (χ1) is 34.2. The van der Waals surface area contributed by atoms with Gasteiger partial charge in [-0.3, -0.25) is 0 Å². The minimum Gasteiger partial charge on any atom is -0.398 e. The highest BCUT2D eigenvalue weighted by Crippen LogP contribution is 2.65. The molecule has 2 aliphatic carbocycles. The lowest BCUT2D eigenvalue weighted by molar-refractivity contribution is 0.689. The average Bonchev–Trinajstić information content (AvgIpc) is 3.91. The van der Waals surface area contributed by atoms with Crippen LogP contribution in [0.5, 0.6) is 0 Å². The van der Waals surface area contributed by atoms with Gasteiger partial charge in [0, 0.05) is 27.8 Å². The topological polar surface area (TPSA) is 34.2 Å². The van der Waals surface area contributed by atoms with Gasteiger partial charge in [0.25, 0.3) is 0 Å². The summed E-state index contributed by atoms with van der Waals surface area (Å²) in [5.74, 6) is 0. The van der Waals surface area contributed by atoms with Crippen molar-refractivity contribution in [3.8, 4) is 5.69 Å². The van der Waals surface area contributed by atoms with Gasteiger partial charge in [0.05, 0.1) is 27.8 Å². The third-order valence-electron chi connectivity index (χ3n) is 14.8. The molecule has 0 bridgehead atoms. The zero-order valence-electron chi connectivity index (χ0n) is 38.3. The number of para-hydroxylation sites is 5. The van der Waals surface area contributed by atoms with E-state index in [9.17, 15) is 0 Å². The Morgan fingerprint density at radius 2 is 1.04 bits per heavy atom. The molecule has 1 spiro atoms. The third-order valence-corrected chi connectivity index (χ3v) is 14.8. The number of benzene rings is 9. The van der Waals surface area contributed by atoms with Crippen LogP contribution in [0.4, 0.5) is 17.1 Å². The van der Waals surface area contributed by atoms with Crippen molar-refractivity contribution in [3.05, 3.63) is 299 Å². The van der Waals surface area contributed by atoms with Gasteiger partial charge < -0.3 is 15.2 Å². The van der Waals surface area contributed by atoms with Gasteiger partial charge in [-0.25, -0.2) is 0 Å². The van der Waals surface area contributed by atoms with E-state index in [1.807, 2.05) is 18.2 Å². The van der Waals surface area contributed by atoms with Crippen molar-refractivity contribution in [2.45, 2.75) is 24.7 Å². The third kappa shape index (κ3) is 6.49. The van der Waals surface area contributed by atoms with Crippen LogP contribution < -0.4 is 10.6 Å². The summed E-state index contributed by atoms with van der Waals surface area (Å²) in [5, 5.41) is 2.55. The van der Waals surface area contributed by atoms with Crippen molar-refractivity contribution in [3.63, 3.8) is 0 Å². The molecular weight excluding hydrogens is 835 g/mol. The van der Waals surface area contributed by atoms with Gasteiger partial charge in [-0.2, -0.15) is 0 Å². The van der Waals surface area contributed by atoms with E-state index in [4.69, 9.17) is 5.73 Å². The van der Waals surface area contributed by atoms with Crippen LogP contribution in [-0.4, -0.2) is 4.57 Å². The second kappa shape index (κ2) is 16.6. The summed E-state index contributed by atoms with van der Waals surface area (Å²) in [7, 11) is 0. The van der Waals surface area contributed by atoms with Crippen LogP contribution in [0.25, 0.3) is 49.9 Å². The van der Waals surface area contributed by atoms with Crippen molar-refractivity contribution < 1.29 is 0 Å². The summed E-state index contributed by atoms with van der Waals surface area (Å²) < 4.78 is 2.41. The monoisotopic (exact) mass is 883 g/mol. The molecule has 0 atom stereocenters. The minimum absolute atomic E-state index is 0.495. The molecule has 2 heterocycles. The van der Waals surface area contributed by atoms with Crippen molar-refractivity contribution in [2.75, 3.05) is 4.90 Å². The number of nitrogens with two attached hydrogens (primary N) is 1. The number of rotatable bonds is 8. The van der Waals surface area contributed by atoms with Crippen molar-refractivity contribution in [1.82, 2.24) is 4.57 Å². The first-order valence-corrected chi connectivity index (χ1v) is 24.1. The first kappa shape index (κ1) is 40.6. The number of aromatic nitrogens is 1. The van der Waals surface area contributed by atoms with Gasteiger partial charge >= 0.3 is 0 Å². The molecular formula is C66H49N3. The van der Waals surface area contributed by atoms with Gasteiger partial charge in [0.1, 0.15) is 0 Å². The predicted octanol–water partition coefficient (Wildman–Crippen LogP) is 16.2. The van der Waals surface area contributed by atoms with Gasteiger partial charge in [-0.1, -0.05) is 194 Å². The van der Waals surface area contributed by atoms with Crippen molar-refractivity contribution >= 4 is 61.3 Å². The zero-order valence-corrected chi connectivity index (χ0v) is 38.3. The lowest BCUT2D eigenvalue weighted by Gasteiger charge is -2.46. The first-order valence-electron chi connectivity index (χ1n) is 24.1. The van der Waals surface area contributed by atoms with Gasteiger partial charge in [-0.15, -0.1) is 0 Å². The van der Waals surface area contributed by atoms with Crippen LogP contribution in [0.1, 0.15) is 57.3 Å². The smallest absolute Gasteiger partial charge is 0.0717 e. The molecule has 0 saturated carbocycles. The fourth-order valence-electron chi connectivity index (χ4n) is 11.9. The minimum atomic E-state index is -0.495. The van der Waals surface area contributed by atoms with E-state index in [1.54, 1.807) is 0 Å². The van der Waals surface area contributed by atoms with Crippen LogP contribution in [0.2, 0.25) is 0 Å². The normalized spacial score (nSPS) is 15.0. The number of hydrogen-bond donors (Lipinski definition) is 1. The Labute approximate surface area is 403 Å². The van der Waals surface area contributed by atoms with E-state index in [-0.39, 0.29) is 0 Å². The number of hydrogen-bond acceptors (Lipinski definition) is 2. The van der Waals surface area contributed by atoms with Gasteiger partial charge in [0.2, 0.25) is 0 Å². The van der Waals surface area contributed by atoms with Crippen LogP contribution in [0.15, 0.2) is 254 Å². The maximum absolute atomic E-state index is 6.87. The summed E-state index contributed by atoms with van der Waals surface area (Å²) in [4.78, 5) is 2.47. The molecule has 1 aromatic heterocycles. The number of allylic oxidation sites excluding steroid dienone is 7. The van der Waals surface area contributed by atoms with E-state index in [0.29, 0.717) is 0 Å². The Balaban J connectivity index is 1.00. The second-order valence-corrected chi connectivity index (χ2v) is 18.5. The zero-order chi connectivity index (χ0) is 45.9. The molecule has 0 amide bonds. The Kier molecular flexibility index (Phi) is 9.76. The molecule has 0 saturated heterocycles. The number of fused-ring (bicyclic) bond motifs is 11. The highest BCUT2D eigenvalue weighted by Gasteiger charge is 2.53. The highest BCUT2D eigenvalue weighted by molar-refractivity contribution is 6.09. The van der Waals surface area contributed by atoms with Crippen LogP contribution >= 0.6 is 0 Å². The van der Waals surface area contributed by atoms with E-state index < -0.39 is 5.41 Å². The fraction of sp³-hybridized carbons (Fsp3) is 0.0606. The molecule has 328 valence electrons. The molecule has 10 aromatic rings. The van der Waals surface area contributed by atoms with Crippen molar-refractivity contribution in [2.24, 2.45) is 5.73 Å². The molecule has 0 radical (unpaired) electrons. The average molecular weight is 884 g/mol. The van der Waals surface area contributed by atoms with E-state index in [1.165, 1.54) is 89.0 Å². The van der Waals surface area contributed by atoms with E-state index >= 15 is 0 Å². The Hall–Kier alpha value is -8.66. The maximum Gasteiger partial charge on any atom is 0.0717 e.